The summed E-state index contributed by atoms with van der Waals surface area (Å²) < 4.78 is 26.1. The molecule has 2 aromatic rings. The van der Waals surface area contributed by atoms with Gasteiger partial charge in [-0.25, -0.2) is 8.78 Å². The Labute approximate surface area is 123 Å². The lowest BCUT2D eigenvalue weighted by Crippen LogP contribution is -2.30. The molecule has 0 heterocycles. The summed E-state index contributed by atoms with van der Waals surface area (Å²) in [6, 6.07) is 13.4. The minimum atomic E-state index is -0.856. The fraction of sp³-hybridized carbons (Fsp3) is 0.294. The summed E-state index contributed by atoms with van der Waals surface area (Å²) in [6.45, 7) is 2.23. The van der Waals surface area contributed by atoms with Crippen LogP contribution in [0.25, 0.3) is 0 Å². The van der Waals surface area contributed by atoms with Crippen LogP contribution in [0.1, 0.15) is 24.1 Å². The van der Waals surface area contributed by atoms with E-state index in [0.717, 1.165) is 11.6 Å². The predicted octanol–water partition coefficient (Wildman–Crippen LogP) is 3.22. The van der Waals surface area contributed by atoms with E-state index < -0.39 is 17.7 Å². The molecule has 0 radical (unpaired) electrons. The second-order valence-electron chi connectivity index (χ2n) is 5.15. The highest BCUT2D eigenvalue weighted by atomic mass is 19.2. The van der Waals surface area contributed by atoms with Gasteiger partial charge in [0, 0.05) is 12.6 Å². The monoisotopic (exact) mass is 291 g/mol. The van der Waals surface area contributed by atoms with Gasteiger partial charge in [0.05, 0.1) is 6.10 Å². The molecule has 2 atom stereocenters. The molecule has 0 spiro atoms. The molecule has 2 N–H and O–H groups in total. The highest BCUT2D eigenvalue weighted by Gasteiger charge is 2.11. The van der Waals surface area contributed by atoms with Crippen molar-refractivity contribution in [2.45, 2.75) is 25.5 Å². The number of nitrogens with one attached hydrogen (secondary N) is 1. The predicted molar refractivity (Wildman–Crippen MR) is 78.9 cm³/mol. The van der Waals surface area contributed by atoms with E-state index in [-0.39, 0.29) is 6.04 Å². The summed E-state index contributed by atoms with van der Waals surface area (Å²) in [5.41, 5.74) is 1.72. The molecule has 0 amide bonds. The molecule has 2 unspecified atom stereocenters. The van der Waals surface area contributed by atoms with E-state index in [1.165, 1.54) is 6.07 Å². The zero-order chi connectivity index (χ0) is 15.2. The number of halogens is 2. The van der Waals surface area contributed by atoms with Crippen LogP contribution in [-0.4, -0.2) is 17.8 Å². The third-order valence-electron chi connectivity index (χ3n) is 3.42. The zero-order valence-corrected chi connectivity index (χ0v) is 11.9. The standard InChI is InChI=1S/C17H19F2NO/c1-12(14-7-8-16(18)17(19)10-14)20-11-15(21)9-13-5-3-2-4-6-13/h2-8,10,12,15,20-21H,9,11H2,1H3. The van der Waals surface area contributed by atoms with Crippen LogP contribution in [0.4, 0.5) is 8.78 Å². The summed E-state index contributed by atoms with van der Waals surface area (Å²) in [5, 5.41) is 13.1. The Kier molecular flexibility index (Phi) is 5.42. The fourth-order valence-corrected chi connectivity index (χ4v) is 2.17. The molecule has 2 aromatic carbocycles. The molecule has 0 saturated heterocycles. The van der Waals surface area contributed by atoms with Gasteiger partial charge in [-0.15, -0.1) is 0 Å². The Morgan fingerprint density at radius 2 is 1.76 bits per heavy atom. The lowest BCUT2D eigenvalue weighted by Gasteiger charge is -2.18. The smallest absolute Gasteiger partial charge is 0.159 e. The van der Waals surface area contributed by atoms with Crippen molar-refractivity contribution in [2.75, 3.05) is 6.54 Å². The van der Waals surface area contributed by atoms with E-state index in [0.29, 0.717) is 18.5 Å². The molecule has 112 valence electrons. The number of hydrogen-bond acceptors (Lipinski definition) is 2. The van der Waals surface area contributed by atoms with Crippen LogP contribution < -0.4 is 5.32 Å². The minimum absolute atomic E-state index is 0.162. The Hall–Kier alpha value is -1.78. The van der Waals surface area contributed by atoms with Crippen molar-refractivity contribution in [3.63, 3.8) is 0 Å². The molecule has 2 rings (SSSR count). The second kappa shape index (κ2) is 7.29. The first kappa shape index (κ1) is 15.6. The van der Waals surface area contributed by atoms with Gasteiger partial charge in [0.25, 0.3) is 0 Å². The van der Waals surface area contributed by atoms with Crippen LogP contribution in [0.3, 0.4) is 0 Å². The number of benzene rings is 2. The van der Waals surface area contributed by atoms with Crippen molar-refractivity contribution in [1.82, 2.24) is 5.32 Å². The first-order chi connectivity index (χ1) is 10.1. The largest absolute Gasteiger partial charge is 0.391 e. The fourth-order valence-electron chi connectivity index (χ4n) is 2.17. The van der Waals surface area contributed by atoms with E-state index >= 15 is 0 Å². The molecule has 0 fully saturated rings. The molecule has 0 saturated carbocycles. The van der Waals surface area contributed by atoms with E-state index in [2.05, 4.69) is 5.32 Å². The highest BCUT2D eigenvalue weighted by Crippen LogP contribution is 2.16. The molecule has 0 aromatic heterocycles. The van der Waals surface area contributed by atoms with Gasteiger partial charge in [-0.2, -0.15) is 0 Å². The molecule has 0 aliphatic rings. The van der Waals surface area contributed by atoms with Crippen LogP contribution >= 0.6 is 0 Å². The summed E-state index contributed by atoms with van der Waals surface area (Å²) in [5.74, 6) is -1.71. The molecule has 4 heteroatoms. The summed E-state index contributed by atoms with van der Waals surface area (Å²) >= 11 is 0. The minimum Gasteiger partial charge on any atom is -0.391 e. The molecule has 21 heavy (non-hydrogen) atoms. The van der Waals surface area contributed by atoms with E-state index in [1.807, 2.05) is 37.3 Å². The maximum Gasteiger partial charge on any atom is 0.159 e. The van der Waals surface area contributed by atoms with Gasteiger partial charge < -0.3 is 10.4 Å². The summed E-state index contributed by atoms with van der Waals surface area (Å²) in [4.78, 5) is 0. The van der Waals surface area contributed by atoms with Crippen molar-refractivity contribution in [1.29, 1.82) is 0 Å². The normalized spacial score (nSPS) is 13.9. The second-order valence-corrected chi connectivity index (χ2v) is 5.15. The lowest BCUT2D eigenvalue weighted by molar-refractivity contribution is 0.168. The van der Waals surface area contributed by atoms with Crippen molar-refractivity contribution >= 4 is 0 Å². The Bertz CT molecular complexity index is 574. The number of aliphatic hydroxyl groups is 1. The topological polar surface area (TPSA) is 32.3 Å². The van der Waals surface area contributed by atoms with Crippen LogP contribution in [0, 0.1) is 11.6 Å². The van der Waals surface area contributed by atoms with Crippen molar-refractivity contribution in [2.24, 2.45) is 0 Å². The first-order valence-corrected chi connectivity index (χ1v) is 6.96. The third kappa shape index (κ3) is 4.62. The van der Waals surface area contributed by atoms with Crippen molar-refractivity contribution in [3.05, 3.63) is 71.3 Å². The summed E-state index contributed by atoms with van der Waals surface area (Å²) in [7, 11) is 0. The SMILES string of the molecule is CC(NCC(O)Cc1ccccc1)c1ccc(F)c(F)c1. The molecule has 2 nitrogen and oxygen atoms in total. The molecule has 0 aliphatic carbocycles. The molecule has 0 aliphatic heterocycles. The van der Waals surface area contributed by atoms with E-state index in [4.69, 9.17) is 0 Å². The van der Waals surface area contributed by atoms with Crippen LogP contribution in [0.2, 0.25) is 0 Å². The molecular weight excluding hydrogens is 272 g/mol. The summed E-state index contributed by atoms with van der Waals surface area (Å²) in [6.07, 6.45) is 0.0263. The van der Waals surface area contributed by atoms with E-state index in [1.54, 1.807) is 6.07 Å². The van der Waals surface area contributed by atoms with Gasteiger partial charge in [-0.3, -0.25) is 0 Å². The average Bonchev–Trinajstić information content (AvgIpc) is 2.48. The maximum absolute atomic E-state index is 13.2. The van der Waals surface area contributed by atoms with E-state index in [9.17, 15) is 13.9 Å². The lowest BCUT2D eigenvalue weighted by atomic mass is 10.1. The van der Waals surface area contributed by atoms with Gasteiger partial charge >= 0.3 is 0 Å². The van der Waals surface area contributed by atoms with Crippen LogP contribution in [0.15, 0.2) is 48.5 Å². The molecular formula is C17H19F2NO. The average molecular weight is 291 g/mol. The number of rotatable bonds is 6. The number of hydrogen-bond donors (Lipinski definition) is 2. The highest BCUT2D eigenvalue weighted by molar-refractivity contribution is 5.21. The van der Waals surface area contributed by atoms with Gasteiger partial charge in [0.15, 0.2) is 11.6 Å². The first-order valence-electron chi connectivity index (χ1n) is 6.96. The number of aliphatic hydroxyl groups excluding tert-OH is 1. The van der Waals surface area contributed by atoms with Gasteiger partial charge in [-0.1, -0.05) is 36.4 Å². The van der Waals surface area contributed by atoms with Gasteiger partial charge in [-0.05, 0) is 36.6 Å². The van der Waals surface area contributed by atoms with Crippen molar-refractivity contribution < 1.29 is 13.9 Å². The maximum atomic E-state index is 13.2. The Morgan fingerprint density at radius 3 is 2.43 bits per heavy atom. The van der Waals surface area contributed by atoms with Crippen LogP contribution in [0.5, 0.6) is 0 Å². The zero-order valence-electron chi connectivity index (χ0n) is 11.9. The quantitative estimate of drug-likeness (QED) is 0.856. The Balaban J connectivity index is 1.85. The van der Waals surface area contributed by atoms with Crippen LogP contribution in [-0.2, 0) is 6.42 Å². The third-order valence-corrected chi connectivity index (χ3v) is 3.42. The Morgan fingerprint density at radius 1 is 1.05 bits per heavy atom. The van der Waals surface area contributed by atoms with Crippen molar-refractivity contribution in [3.8, 4) is 0 Å². The van der Waals surface area contributed by atoms with Gasteiger partial charge in [0.1, 0.15) is 0 Å². The molecule has 0 bridgehead atoms. The van der Waals surface area contributed by atoms with Gasteiger partial charge in [0.2, 0.25) is 0 Å².